The van der Waals surface area contributed by atoms with E-state index in [-0.39, 0.29) is 16.8 Å². The van der Waals surface area contributed by atoms with E-state index in [1.807, 2.05) is 19.1 Å². The summed E-state index contributed by atoms with van der Waals surface area (Å²) in [6.07, 6.45) is 1.80. The van der Waals surface area contributed by atoms with Gasteiger partial charge in [-0.05, 0) is 70.2 Å². The molecule has 0 bridgehead atoms. The number of likely N-dealkylation sites (tertiary alicyclic amines) is 1. The van der Waals surface area contributed by atoms with E-state index in [1.165, 1.54) is 23.5 Å². The maximum absolute atomic E-state index is 13.0. The molecule has 0 spiro atoms. The van der Waals surface area contributed by atoms with E-state index in [1.54, 1.807) is 24.3 Å². The lowest BCUT2D eigenvalue weighted by molar-refractivity contribution is 0.0916. The van der Waals surface area contributed by atoms with Crippen molar-refractivity contribution in [3.63, 3.8) is 0 Å². The molecule has 7 heteroatoms. The largest absolute Gasteiger partial charge is 0.349 e. The monoisotopic (exact) mass is 401 g/mol. The molecule has 1 saturated heterocycles. The molecule has 6 nitrogen and oxygen atoms in total. The fraction of sp³-hybridized carbons (Fsp3) is 0.381. The van der Waals surface area contributed by atoms with Crippen LogP contribution in [0.3, 0.4) is 0 Å². The van der Waals surface area contributed by atoms with Crippen LogP contribution in [0, 0.1) is 6.92 Å². The van der Waals surface area contributed by atoms with E-state index >= 15 is 0 Å². The van der Waals surface area contributed by atoms with Crippen molar-refractivity contribution >= 4 is 21.6 Å². The first-order valence-electron chi connectivity index (χ1n) is 9.42. The summed E-state index contributed by atoms with van der Waals surface area (Å²) in [6, 6.07) is 13.6. The van der Waals surface area contributed by atoms with Crippen LogP contribution in [0.5, 0.6) is 0 Å². The van der Waals surface area contributed by atoms with Gasteiger partial charge in [-0.15, -0.1) is 0 Å². The highest BCUT2D eigenvalue weighted by atomic mass is 32.2. The highest BCUT2D eigenvalue weighted by Gasteiger charge is 2.24. The Bertz CT molecular complexity index is 934. The number of carbonyl (C=O) groups excluding carboxylic acids is 1. The molecule has 1 aliphatic heterocycles. The van der Waals surface area contributed by atoms with Crippen LogP contribution in [0.15, 0.2) is 53.4 Å². The molecule has 0 aromatic heterocycles. The predicted molar refractivity (Wildman–Crippen MR) is 111 cm³/mol. The van der Waals surface area contributed by atoms with Gasteiger partial charge in [0.2, 0.25) is 0 Å². The van der Waals surface area contributed by atoms with Crippen LogP contribution in [-0.2, 0) is 10.0 Å². The number of nitrogens with zero attached hydrogens (tertiary/aromatic N) is 2. The van der Waals surface area contributed by atoms with E-state index < -0.39 is 10.0 Å². The quantitative estimate of drug-likeness (QED) is 0.836. The first kappa shape index (κ1) is 20.4. The number of carbonyl (C=O) groups is 1. The van der Waals surface area contributed by atoms with Crippen LogP contribution in [-0.4, -0.2) is 52.5 Å². The number of amides is 1. The second kappa shape index (κ2) is 8.32. The van der Waals surface area contributed by atoms with Crippen LogP contribution < -0.4 is 9.62 Å². The molecular formula is C21H27N3O3S. The van der Waals surface area contributed by atoms with Crippen molar-refractivity contribution in [3.05, 3.63) is 59.7 Å². The first-order valence-corrected chi connectivity index (χ1v) is 10.9. The van der Waals surface area contributed by atoms with Gasteiger partial charge in [-0.2, -0.15) is 0 Å². The van der Waals surface area contributed by atoms with E-state index in [0.29, 0.717) is 11.3 Å². The van der Waals surface area contributed by atoms with Gasteiger partial charge in [0.1, 0.15) is 0 Å². The van der Waals surface area contributed by atoms with Gasteiger partial charge in [0.25, 0.3) is 15.9 Å². The summed E-state index contributed by atoms with van der Waals surface area (Å²) in [5.74, 6) is -0.232. The topological polar surface area (TPSA) is 69.7 Å². The molecule has 1 N–H and O–H groups in total. The minimum Gasteiger partial charge on any atom is -0.349 e. The van der Waals surface area contributed by atoms with Crippen LogP contribution in [0.4, 0.5) is 5.69 Å². The predicted octanol–water partition coefficient (Wildman–Crippen LogP) is 2.64. The summed E-state index contributed by atoms with van der Waals surface area (Å²) in [5.41, 5.74) is 1.99. The van der Waals surface area contributed by atoms with Crippen LogP contribution in [0.25, 0.3) is 0 Å². The van der Waals surface area contributed by atoms with Crippen molar-refractivity contribution in [3.8, 4) is 0 Å². The second-order valence-electron chi connectivity index (χ2n) is 7.39. The Morgan fingerprint density at radius 3 is 2.39 bits per heavy atom. The summed E-state index contributed by atoms with van der Waals surface area (Å²) in [6.45, 7) is 3.84. The summed E-state index contributed by atoms with van der Waals surface area (Å²) in [4.78, 5) is 15.0. The van der Waals surface area contributed by atoms with Crippen molar-refractivity contribution in [2.24, 2.45) is 0 Å². The van der Waals surface area contributed by atoms with Crippen molar-refractivity contribution < 1.29 is 13.2 Å². The third kappa shape index (κ3) is 4.54. The highest BCUT2D eigenvalue weighted by Crippen LogP contribution is 2.23. The highest BCUT2D eigenvalue weighted by molar-refractivity contribution is 7.92. The van der Waals surface area contributed by atoms with Crippen molar-refractivity contribution in [1.82, 2.24) is 10.2 Å². The zero-order valence-electron chi connectivity index (χ0n) is 16.6. The number of hydrogen-bond acceptors (Lipinski definition) is 4. The third-order valence-corrected chi connectivity index (χ3v) is 6.99. The summed E-state index contributed by atoms with van der Waals surface area (Å²) in [5, 5.41) is 3.03. The molecule has 1 heterocycles. The molecule has 0 atom stereocenters. The van der Waals surface area contributed by atoms with E-state index in [0.717, 1.165) is 31.5 Å². The maximum Gasteiger partial charge on any atom is 0.264 e. The molecule has 3 rings (SSSR count). The number of nitrogens with one attached hydrogen (secondary N) is 1. The average molecular weight is 402 g/mol. The van der Waals surface area contributed by atoms with Gasteiger partial charge in [-0.3, -0.25) is 9.10 Å². The summed E-state index contributed by atoms with van der Waals surface area (Å²) in [7, 11) is -0.169. The maximum atomic E-state index is 13.0. The van der Waals surface area contributed by atoms with Crippen LogP contribution in [0.2, 0.25) is 0 Å². The van der Waals surface area contributed by atoms with Gasteiger partial charge in [0.15, 0.2) is 0 Å². The summed E-state index contributed by atoms with van der Waals surface area (Å²) >= 11 is 0. The third-order valence-electron chi connectivity index (χ3n) is 5.21. The Morgan fingerprint density at radius 2 is 1.75 bits per heavy atom. The molecule has 0 radical (unpaired) electrons. The molecule has 150 valence electrons. The fourth-order valence-electron chi connectivity index (χ4n) is 3.27. The standard InChI is InChI=1S/C21H27N3O3S/c1-16-7-9-19(10-8-16)24(3)28(26,27)20-6-4-5-17(15-20)21(25)22-18-11-13-23(2)14-12-18/h4-10,15,18H,11-14H2,1-3H3,(H,22,25). The molecule has 1 fully saturated rings. The molecule has 0 saturated carbocycles. The lowest BCUT2D eigenvalue weighted by atomic mass is 10.0. The van der Waals surface area contributed by atoms with Gasteiger partial charge in [0.05, 0.1) is 10.6 Å². The van der Waals surface area contributed by atoms with Gasteiger partial charge in [-0.25, -0.2) is 8.42 Å². The molecule has 28 heavy (non-hydrogen) atoms. The van der Waals surface area contributed by atoms with Crippen molar-refractivity contribution in [2.45, 2.75) is 30.7 Å². The number of aryl methyl sites for hydroxylation is 1. The van der Waals surface area contributed by atoms with Crippen molar-refractivity contribution in [2.75, 3.05) is 31.5 Å². The molecule has 0 aliphatic carbocycles. The second-order valence-corrected chi connectivity index (χ2v) is 9.36. The molecule has 0 unspecified atom stereocenters. The Kier molecular flexibility index (Phi) is 6.05. The van der Waals surface area contributed by atoms with Gasteiger partial charge >= 0.3 is 0 Å². The van der Waals surface area contributed by atoms with E-state index in [2.05, 4.69) is 17.3 Å². The van der Waals surface area contributed by atoms with Crippen LogP contribution in [0.1, 0.15) is 28.8 Å². The summed E-state index contributed by atoms with van der Waals surface area (Å²) < 4.78 is 27.3. The van der Waals surface area contributed by atoms with E-state index in [4.69, 9.17) is 0 Å². The number of anilines is 1. The number of sulfonamides is 1. The molecule has 1 aliphatic rings. The minimum atomic E-state index is -3.75. The first-order chi connectivity index (χ1) is 13.3. The smallest absolute Gasteiger partial charge is 0.264 e. The Balaban J connectivity index is 1.77. The number of benzene rings is 2. The normalized spacial score (nSPS) is 16.0. The number of rotatable bonds is 5. The fourth-order valence-corrected chi connectivity index (χ4v) is 4.51. The molecular weight excluding hydrogens is 374 g/mol. The Labute approximate surface area is 167 Å². The number of hydrogen-bond donors (Lipinski definition) is 1. The SMILES string of the molecule is Cc1ccc(N(C)S(=O)(=O)c2cccc(C(=O)NC3CCN(C)CC3)c2)cc1. The number of piperidine rings is 1. The zero-order chi connectivity index (χ0) is 20.3. The zero-order valence-corrected chi connectivity index (χ0v) is 17.4. The van der Waals surface area contributed by atoms with Crippen LogP contribution >= 0.6 is 0 Å². The van der Waals surface area contributed by atoms with Gasteiger partial charge in [-0.1, -0.05) is 23.8 Å². The van der Waals surface area contributed by atoms with E-state index in [9.17, 15) is 13.2 Å². The molecule has 2 aromatic rings. The molecule has 2 aromatic carbocycles. The lowest BCUT2D eigenvalue weighted by Crippen LogP contribution is -2.43. The van der Waals surface area contributed by atoms with Crippen molar-refractivity contribution in [1.29, 1.82) is 0 Å². The van der Waals surface area contributed by atoms with Gasteiger partial charge < -0.3 is 10.2 Å². The Hall–Kier alpha value is -2.38. The van der Waals surface area contributed by atoms with Gasteiger partial charge in [0, 0.05) is 18.7 Å². The lowest BCUT2D eigenvalue weighted by Gasteiger charge is -2.29. The molecule has 1 amide bonds. The average Bonchev–Trinajstić information content (AvgIpc) is 2.70. The Morgan fingerprint density at radius 1 is 1.11 bits per heavy atom. The minimum absolute atomic E-state index is 0.103.